The summed E-state index contributed by atoms with van der Waals surface area (Å²) in [4.78, 5) is 29.7. The molecule has 0 radical (unpaired) electrons. The van der Waals surface area contributed by atoms with E-state index < -0.39 is 18.2 Å². The van der Waals surface area contributed by atoms with Gasteiger partial charge in [-0.2, -0.15) is 0 Å². The fourth-order valence-electron chi connectivity index (χ4n) is 3.30. The van der Waals surface area contributed by atoms with Crippen LogP contribution in [0.5, 0.6) is 0 Å². The predicted octanol–water partition coefficient (Wildman–Crippen LogP) is 2.02. The first-order valence-electron chi connectivity index (χ1n) is 7.46. The van der Waals surface area contributed by atoms with E-state index in [1.807, 2.05) is 30.5 Å². The van der Waals surface area contributed by atoms with Crippen molar-refractivity contribution >= 4 is 52.9 Å². The van der Waals surface area contributed by atoms with Gasteiger partial charge < -0.3 is 15.0 Å². The van der Waals surface area contributed by atoms with Crippen molar-refractivity contribution in [1.82, 2.24) is 4.57 Å². The topological polar surface area (TPSA) is 89.9 Å². The average Bonchev–Trinajstić information content (AvgIpc) is 3.18. The third-order valence-corrected chi connectivity index (χ3v) is 4.38. The van der Waals surface area contributed by atoms with Crippen LogP contribution < -0.4 is 10.6 Å². The Kier molecular flexibility index (Phi) is 4.06. The van der Waals surface area contributed by atoms with Crippen molar-refractivity contribution in [2.45, 2.75) is 25.6 Å². The van der Waals surface area contributed by atoms with Crippen molar-refractivity contribution in [3.63, 3.8) is 0 Å². The molecule has 1 saturated heterocycles. The number of halogens is 1. The Morgan fingerprint density at radius 3 is 2.92 bits per heavy atom. The molecule has 2 atom stereocenters. The van der Waals surface area contributed by atoms with Crippen molar-refractivity contribution in [3.05, 3.63) is 24.3 Å². The summed E-state index contributed by atoms with van der Waals surface area (Å²) >= 11 is 0. The zero-order valence-electron chi connectivity index (χ0n) is 13.0. The smallest absolute Gasteiger partial charge is 0.415 e. The Morgan fingerprint density at radius 1 is 1.42 bits per heavy atom. The molecule has 2 aliphatic rings. The number of aromatic nitrogens is 1. The number of fused-ring (bicyclic) bond motifs is 3. The summed E-state index contributed by atoms with van der Waals surface area (Å²) in [6.07, 6.45) is 0.513. The van der Waals surface area contributed by atoms with Gasteiger partial charge in [-0.25, -0.2) is 9.79 Å². The lowest BCUT2D eigenvalue weighted by molar-refractivity contribution is -0.124. The molecular weight excluding hydrogens is 332 g/mol. The number of Topliss-reactive ketones (excluding diaryl/α,β-unsaturated/α-hetero) is 1. The van der Waals surface area contributed by atoms with Crippen LogP contribution in [-0.4, -0.2) is 41.3 Å². The summed E-state index contributed by atoms with van der Waals surface area (Å²) < 4.78 is 7.29. The molecule has 1 fully saturated rings. The standard InChI is InChI=1S/C16H16N4O3.ClH/c1-9(21)15-13(8-17)20(16(22)23-15)11-2-3-12-10(6-11)7-14-18-4-5-19(12)14;/h2-4,6-7,13,15H,5,8,17H2,1H3;1H/t13?,15-;/m1./s1. The lowest BCUT2D eigenvalue weighted by atomic mass is 10.1. The molecule has 4 rings (SSSR count). The molecule has 0 spiro atoms. The largest absolute Gasteiger partial charge is 0.436 e. The van der Waals surface area contributed by atoms with Crippen LogP contribution in [0.2, 0.25) is 0 Å². The van der Waals surface area contributed by atoms with Gasteiger partial charge in [0, 0.05) is 23.8 Å². The van der Waals surface area contributed by atoms with E-state index in [4.69, 9.17) is 10.5 Å². The first-order valence-corrected chi connectivity index (χ1v) is 7.46. The van der Waals surface area contributed by atoms with E-state index in [9.17, 15) is 9.59 Å². The average molecular weight is 349 g/mol. The number of nitrogens with two attached hydrogens (primary N) is 1. The molecular formula is C16H17ClN4O3. The summed E-state index contributed by atoms with van der Waals surface area (Å²) in [5, 5.41) is 0.990. The Morgan fingerprint density at radius 2 is 2.21 bits per heavy atom. The molecule has 0 aliphatic carbocycles. The highest BCUT2D eigenvalue weighted by atomic mass is 35.5. The minimum Gasteiger partial charge on any atom is -0.436 e. The summed E-state index contributed by atoms with van der Waals surface area (Å²) in [5.74, 6) is 0.702. The SMILES string of the molecule is CC(=O)[C@H]1OC(=O)N(c2ccc3c(c2)cc2n3CC=N2)C1CN.Cl. The molecule has 1 amide bonds. The number of ether oxygens (including phenoxy) is 1. The summed E-state index contributed by atoms with van der Waals surface area (Å²) in [6.45, 7) is 2.32. The van der Waals surface area contributed by atoms with E-state index in [2.05, 4.69) is 9.56 Å². The maximum atomic E-state index is 12.2. The van der Waals surface area contributed by atoms with Crippen LogP contribution in [0.25, 0.3) is 10.9 Å². The van der Waals surface area contributed by atoms with Crippen LogP contribution in [0, 0.1) is 0 Å². The molecule has 8 heteroatoms. The van der Waals surface area contributed by atoms with Gasteiger partial charge in [-0.05, 0) is 31.2 Å². The van der Waals surface area contributed by atoms with E-state index >= 15 is 0 Å². The minimum absolute atomic E-state index is 0. The van der Waals surface area contributed by atoms with Crippen molar-refractivity contribution in [3.8, 4) is 0 Å². The van der Waals surface area contributed by atoms with Crippen LogP contribution in [-0.2, 0) is 16.1 Å². The number of carbonyl (C=O) groups excluding carboxylic acids is 2. The maximum Gasteiger partial charge on any atom is 0.415 e. The Balaban J connectivity index is 0.00000169. The Labute approximate surface area is 144 Å². The van der Waals surface area contributed by atoms with Crippen LogP contribution in [0.4, 0.5) is 16.3 Å². The second-order valence-electron chi connectivity index (χ2n) is 5.76. The summed E-state index contributed by atoms with van der Waals surface area (Å²) in [6, 6.07) is 7.20. The number of ketones is 1. The minimum atomic E-state index is -0.813. The van der Waals surface area contributed by atoms with E-state index in [-0.39, 0.29) is 24.7 Å². The summed E-state index contributed by atoms with van der Waals surface area (Å²) in [7, 11) is 0. The van der Waals surface area contributed by atoms with Crippen LogP contribution in [0.15, 0.2) is 29.3 Å². The van der Waals surface area contributed by atoms with Crippen LogP contribution in [0.1, 0.15) is 6.92 Å². The molecule has 126 valence electrons. The van der Waals surface area contributed by atoms with Crippen molar-refractivity contribution in [2.24, 2.45) is 10.7 Å². The maximum absolute atomic E-state index is 12.2. The number of hydrogen-bond donors (Lipinski definition) is 1. The van der Waals surface area contributed by atoms with Crippen molar-refractivity contribution < 1.29 is 14.3 Å². The molecule has 0 saturated carbocycles. The normalized spacial score (nSPS) is 21.8. The van der Waals surface area contributed by atoms with Gasteiger partial charge in [0.25, 0.3) is 0 Å². The fourth-order valence-corrected chi connectivity index (χ4v) is 3.30. The zero-order valence-corrected chi connectivity index (χ0v) is 13.8. The monoisotopic (exact) mass is 348 g/mol. The number of hydrogen-bond acceptors (Lipinski definition) is 5. The van der Waals surface area contributed by atoms with E-state index in [1.165, 1.54) is 11.8 Å². The third-order valence-electron chi connectivity index (χ3n) is 4.38. The number of rotatable bonds is 3. The van der Waals surface area contributed by atoms with Gasteiger partial charge >= 0.3 is 6.09 Å². The number of benzene rings is 1. The van der Waals surface area contributed by atoms with Crippen molar-refractivity contribution in [1.29, 1.82) is 0 Å². The molecule has 2 aliphatic heterocycles. The molecule has 3 heterocycles. The zero-order chi connectivity index (χ0) is 16.1. The fraction of sp³-hybridized carbons (Fsp3) is 0.312. The molecule has 1 aromatic heterocycles. The van der Waals surface area contributed by atoms with E-state index in [0.29, 0.717) is 5.69 Å². The number of amides is 1. The quantitative estimate of drug-likeness (QED) is 0.918. The molecule has 2 aromatic rings. The van der Waals surface area contributed by atoms with Gasteiger partial charge in [-0.15, -0.1) is 12.4 Å². The van der Waals surface area contributed by atoms with E-state index in [0.717, 1.165) is 23.3 Å². The first kappa shape index (κ1) is 16.5. The summed E-state index contributed by atoms with van der Waals surface area (Å²) in [5.41, 5.74) is 7.51. The lowest BCUT2D eigenvalue weighted by Crippen LogP contribution is -2.44. The second-order valence-corrected chi connectivity index (χ2v) is 5.76. The van der Waals surface area contributed by atoms with Crippen LogP contribution >= 0.6 is 12.4 Å². The number of anilines is 1. The number of cyclic esters (lactones) is 1. The number of carbonyl (C=O) groups is 2. The van der Waals surface area contributed by atoms with Gasteiger partial charge in [0.1, 0.15) is 5.82 Å². The Bertz CT molecular complexity index is 860. The van der Waals surface area contributed by atoms with Gasteiger partial charge in [0.2, 0.25) is 0 Å². The molecule has 0 bridgehead atoms. The van der Waals surface area contributed by atoms with E-state index in [1.54, 1.807) is 0 Å². The number of nitrogens with zero attached hydrogens (tertiary/aromatic N) is 3. The molecule has 1 unspecified atom stereocenters. The second kappa shape index (κ2) is 5.92. The predicted molar refractivity (Wildman–Crippen MR) is 93.6 cm³/mol. The Hall–Kier alpha value is -2.38. The molecule has 24 heavy (non-hydrogen) atoms. The van der Waals surface area contributed by atoms with Crippen LogP contribution in [0.3, 0.4) is 0 Å². The van der Waals surface area contributed by atoms with Gasteiger partial charge in [0.05, 0.1) is 18.1 Å². The highest BCUT2D eigenvalue weighted by molar-refractivity contribution is 5.99. The highest BCUT2D eigenvalue weighted by Gasteiger charge is 2.44. The van der Waals surface area contributed by atoms with Gasteiger partial charge in [0.15, 0.2) is 11.9 Å². The van der Waals surface area contributed by atoms with Crippen molar-refractivity contribution in [2.75, 3.05) is 11.4 Å². The number of aliphatic imine (C=N–C) groups is 1. The molecule has 1 aromatic carbocycles. The highest BCUT2D eigenvalue weighted by Crippen LogP contribution is 2.34. The first-order chi connectivity index (χ1) is 11.1. The molecule has 2 N–H and O–H groups in total. The van der Waals surface area contributed by atoms with Gasteiger partial charge in [-0.1, -0.05) is 0 Å². The van der Waals surface area contributed by atoms with Gasteiger partial charge in [-0.3, -0.25) is 9.69 Å². The molecule has 7 nitrogen and oxygen atoms in total. The lowest BCUT2D eigenvalue weighted by Gasteiger charge is -2.22. The third kappa shape index (κ3) is 2.28.